The van der Waals surface area contributed by atoms with Gasteiger partial charge in [-0.05, 0) is 19.8 Å². The van der Waals surface area contributed by atoms with Gasteiger partial charge in [-0.3, -0.25) is 4.79 Å². The van der Waals surface area contributed by atoms with Crippen LogP contribution in [0.5, 0.6) is 0 Å². The van der Waals surface area contributed by atoms with E-state index in [2.05, 4.69) is 5.92 Å². The molecule has 2 heteroatoms. The number of rotatable bonds is 0. The van der Waals surface area contributed by atoms with Crippen molar-refractivity contribution in [3.63, 3.8) is 0 Å². The number of nitrogens with zero attached hydrogens (tertiary/aromatic N) is 1. The van der Waals surface area contributed by atoms with E-state index in [0.717, 1.165) is 19.4 Å². The van der Waals surface area contributed by atoms with Crippen LogP contribution in [0.4, 0.5) is 0 Å². The van der Waals surface area contributed by atoms with E-state index in [4.69, 9.17) is 6.42 Å². The average Bonchev–Trinajstić information content (AvgIpc) is 2.32. The molecule has 1 heterocycles. The molecule has 1 amide bonds. The van der Waals surface area contributed by atoms with E-state index in [1.165, 1.54) is 0 Å². The smallest absolute Gasteiger partial charge is 0.220 e. The van der Waals surface area contributed by atoms with E-state index < -0.39 is 0 Å². The monoisotopic (exact) mass is 151 g/mol. The normalized spacial score (nSPS) is 30.1. The van der Waals surface area contributed by atoms with E-state index in [1.54, 1.807) is 11.8 Å². The molecule has 0 aromatic rings. The summed E-state index contributed by atoms with van der Waals surface area (Å²) in [4.78, 5) is 12.8. The summed E-state index contributed by atoms with van der Waals surface area (Å²) < 4.78 is 0. The molecular weight excluding hydrogens is 138 g/mol. The molecule has 1 atom stereocenters. The molecule has 0 aliphatic carbocycles. The van der Waals surface area contributed by atoms with Crippen LogP contribution in [-0.2, 0) is 4.79 Å². The van der Waals surface area contributed by atoms with Gasteiger partial charge in [-0.15, -0.1) is 6.42 Å². The Morgan fingerprint density at radius 1 is 1.73 bits per heavy atom. The zero-order chi connectivity index (χ0) is 8.48. The maximum absolute atomic E-state index is 11.1. The lowest BCUT2D eigenvalue weighted by atomic mass is 10.0. The molecule has 1 aliphatic heterocycles. The van der Waals surface area contributed by atoms with Gasteiger partial charge in [-0.1, -0.05) is 5.92 Å². The summed E-state index contributed by atoms with van der Waals surface area (Å²) in [5, 5.41) is 0. The second kappa shape index (κ2) is 2.58. The second-order valence-electron chi connectivity index (χ2n) is 3.19. The first-order chi connectivity index (χ1) is 5.10. The van der Waals surface area contributed by atoms with Crippen LogP contribution in [-0.4, -0.2) is 22.9 Å². The largest absolute Gasteiger partial charge is 0.327 e. The number of likely N-dealkylation sites (tertiary alicyclic amines) is 1. The number of hydrogen-bond acceptors (Lipinski definition) is 1. The fourth-order valence-corrected chi connectivity index (χ4v) is 1.62. The molecule has 1 aliphatic rings. The third kappa shape index (κ3) is 1.23. The SMILES string of the molecule is C#C[C@]1(C)CCCN1C(C)=O. The molecule has 1 fully saturated rings. The molecule has 0 unspecified atom stereocenters. The summed E-state index contributed by atoms with van der Waals surface area (Å²) in [6.45, 7) is 4.33. The maximum atomic E-state index is 11.1. The molecule has 11 heavy (non-hydrogen) atoms. The molecule has 60 valence electrons. The number of carbonyl (C=O) groups is 1. The minimum Gasteiger partial charge on any atom is -0.327 e. The van der Waals surface area contributed by atoms with Crippen molar-refractivity contribution in [3.05, 3.63) is 0 Å². The first kappa shape index (κ1) is 8.13. The van der Waals surface area contributed by atoms with Crippen LogP contribution in [0.1, 0.15) is 26.7 Å². The van der Waals surface area contributed by atoms with Crippen molar-refractivity contribution in [2.75, 3.05) is 6.54 Å². The predicted molar refractivity (Wildman–Crippen MR) is 43.9 cm³/mol. The Balaban J connectivity index is 2.82. The van der Waals surface area contributed by atoms with Crippen molar-refractivity contribution in [3.8, 4) is 12.3 Å². The molecule has 0 aromatic carbocycles. The third-order valence-corrected chi connectivity index (χ3v) is 2.33. The summed E-state index contributed by atoms with van der Waals surface area (Å²) >= 11 is 0. The summed E-state index contributed by atoms with van der Waals surface area (Å²) in [7, 11) is 0. The van der Waals surface area contributed by atoms with Crippen LogP contribution in [0.25, 0.3) is 0 Å². The minimum atomic E-state index is -0.314. The molecule has 0 spiro atoms. The molecule has 1 rings (SSSR count). The summed E-state index contributed by atoms with van der Waals surface area (Å²) in [5.74, 6) is 2.76. The van der Waals surface area contributed by atoms with Crippen LogP contribution < -0.4 is 0 Å². The summed E-state index contributed by atoms with van der Waals surface area (Å²) in [6, 6.07) is 0. The zero-order valence-corrected chi connectivity index (χ0v) is 7.05. The molecular formula is C9H13NO. The Morgan fingerprint density at radius 2 is 2.36 bits per heavy atom. The highest BCUT2D eigenvalue weighted by atomic mass is 16.2. The Hall–Kier alpha value is -0.970. The highest BCUT2D eigenvalue weighted by Gasteiger charge is 2.36. The van der Waals surface area contributed by atoms with Gasteiger partial charge in [-0.2, -0.15) is 0 Å². The van der Waals surface area contributed by atoms with Gasteiger partial charge in [0.15, 0.2) is 0 Å². The van der Waals surface area contributed by atoms with Crippen LogP contribution in [0, 0.1) is 12.3 Å². The fraction of sp³-hybridized carbons (Fsp3) is 0.667. The van der Waals surface area contributed by atoms with E-state index in [-0.39, 0.29) is 11.4 Å². The highest BCUT2D eigenvalue weighted by molar-refractivity contribution is 5.75. The van der Waals surface area contributed by atoms with E-state index in [0.29, 0.717) is 0 Å². The predicted octanol–water partition coefficient (Wildman–Crippen LogP) is 1.02. The van der Waals surface area contributed by atoms with Gasteiger partial charge < -0.3 is 4.90 Å². The number of hydrogen-bond donors (Lipinski definition) is 0. The number of amides is 1. The lowest BCUT2D eigenvalue weighted by molar-refractivity contribution is -0.130. The molecule has 0 radical (unpaired) electrons. The third-order valence-electron chi connectivity index (χ3n) is 2.33. The highest BCUT2D eigenvalue weighted by Crippen LogP contribution is 2.27. The van der Waals surface area contributed by atoms with E-state index in [9.17, 15) is 4.79 Å². The van der Waals surface area contributed by atoms with Crippen molar-refractivity contribution >= 4 is 5.91 Å². The molecule has 0 bridgehead atoms. The first-order valence-electron chi connectivity index (χ1n) is 3.86. The van der Waals surface area contributed by atoms with Crippen molar-refractivity contribution in [2.45, 2.75) is 32.2 Å². The maximum Gasteiger partial charge on any atom is 0.220 e. The van der Waals surface area contributed by atoms with Crippen LogP contribution >= 0.6 is 0 Å². The Bertz CT molecular complexity index is 216. The molecule has 0 N–H and O–H groups in total. The minimum absolute atomic E-state index is 0.0861. The van der Waals surface area contributed by atoms with Gasteiger partial charge in [-0.25, -0.2) is 0 Å². The van der Waals surface area contributed by atoms with Crippen molar-refractivity contribution in [1.29, 1.82) is 0 Å². The average molecular weight is 151 g/mol. The van der Waals surface area contributed by atoms with Gasteiger partial charge >= 0.3 is 0 Å². The molecule has 0 saturated carbocycles. The lowest BCUT2D eigenvalue weighted by Crippen LogP contribution is -2.42. The van der Waals surface area contributed by atoms with Gasteiger partial charge in [0.2, 0.25) is 5.91 Å². The second-order valence-corrected chi connectivity index (χ2v) is 3.19. The number of terminal acetylenes is 1. The van der Waals surface area contributed by atoms with E-state index >= 15 is 0 Å². The summed E-state index contributed by atoms with van der Waals surface area (Å²) in [6.07, 6.45) is 7.31. The first-order valence-corrected chi connectivity index (χ1v) is 3.86. The van der Waals surface area contributed by atoms with Crippen molar-refractivity contribution in [2.24, 2.45) is 0 Å². The van der Waals surface area contributed by atoms with Gasteiger partial charge in [0, 0.05) is 13.5 Å². The standard InChI is InChI=1S/C9H13NO/c1-4-9(3)6-5-7-10(9)8(2)11/h1H,5-7H2,2-3H3/t9-/m1/s1. The Kier molecular flexibility index (Phi) is 1.90. The Morgan fingerprint density at radius 3 is 2.73 bits per heavy atom. The number of carbonyl (C=O) groups excluding carboxylic acids is 1. The molecule has 1 saturated heterocycles. The van der Waals surface area contributed by atoms with Crippen molar-refractivity contribution in [1.82, 2.24) is 4.90 Å². The summed E-state index contributed by atoms with van der Waals surface area (Å²) in [5.41, 5.74) is -0.314. The Labute approximate surface area is 67.6 Å². The van der Waals surface area contributed by atoms with Gasteiger partial charge in [0.05, 0.1) is 0 Å². The topological polar surface area (TPSA) is 20.3 Å². The lowest BCUT2D eigenvalue weighted by Gasteiger charge is -2.29. The van der Waals surface area contributed by atoms with Crippen LogP contribution in [0.3, 0.4) is 0 Å². The fourth-order valence-electron chi connectivity index (χ4n) is 1.62. The van der Waals surface area contributed by atoms with Gasteiger partial charge in [0.1, 0.15) is 5.54 Å². The van der Waals surface area contributed by atoms with E-state index in [1.807, 2.05) is 6.92 Å². The van der Waals surface area contributed by atoms with Crippen molar-refractivity contribution < 1.29 is 4.79 Å². The molecule has 0 aromatic heterocycles. The molecule has 2 nitrogen and oxygen atoms in total. The quantitative estimate of drug-likeness (QED) is 0.473. The zero-order valence-electron chi connectivity index (χ0n) is 7.05. The van der Waals surface area contributed by atoms with Crippen LogP contribution in [0.2, 0.25) is 0 Å². The van der Waals surface area contributed by atoms with Gasteiger partial charge in [0.25, 0.3) is 0 Å². The van der Waals surface area contributed by atoms with Crippen LogP contribution in [0.15, 0.2) is 0 Å².